The summed E-state index contributed by atoms with van der Waals surface area (Å²) in [6.45, 7) is 3.28. The van der Waals surface area contributed by atoms with Crippen molar-refractivity contribution in [2.24, 2.45) is 5.92 Å². The average molecular weight is 353 g/mol. The fourth-order valence-electron chi connectivity index (χ4n) is 3.29. The van der Waals surface area contributed by atoms with Crippen molar-refractivity contribution in [2.75, 3.05) is 14.2 Å². The van der Waals surface area contributed by atoms with Gasteiger partial charge in [0.2, 0.25) is 0 Å². The summed E-state index contributed by atoms with van der Waals surface area (Å²) in [6.07, 6.45) is 2.41. The van der Waals surface area contributed by atoms with Crippen LogP contribution in [0.4, 0.5) is 0 Å². The molecule has 1 saturated carbocycles. The molecule has 2 aromatic rings. The summed E-state index contributed by atoms with van der Waals surface area (Å²) in [6, 6.07) is 15.9. The third-order valence-corrected chi connectivity index (χ3v) is 5.05. The summed E-state index contributed by atoms with van der Waals surface area (Å²) in [5.41, 5.74) is 2.85. The van der Waals surface area contributed by atoms with E-state index in [0.717, 1.165) is 22.4 Å². The molecule has 0 heterocycles. The Kier molecular flexibility index (Phi) is 5.94. The monoisotopic (exact) mass is 353 g/mol. The zero-order valence-electron chi connectivity index (χ0n) is 15.8. The van der Waals surface area contributed by atoms with E-state index in [1.807, 2.05) is 53.4 Å². The molecule has 0 saturated heterocycles. The van der Waals surface area contributed by atoms with E-state index in [0.29, 0.717) is 19.1 Å². The van der Waals surface area contributed by atoms with E-state index >= 15 is 0 Å². The minimum Gasteiger partial charge on any atom is -0.497 e. The fraction of sp³-hybridized carbons (Fsp3) is 0.409. The number of methoxy groups -OCH3 is 2. The van der Waals surface area contributed by atoms with E-state index < -0.39 is 0 Å². The van der Waals surface area contributed by atoms with Crippen molar-refractivity contribution in [3.05, 3.63) is 65.2 Å². The Balaban J connectivity index is 1.82. The zero-order chi connectivity index (χ0) is 18.5. The van der Waals surface area contributed by atoms with Gasteiger partial charge < -0.3 is 14.4 Å². The maximum atomic E-state index is 13.3. The number of carbonyl (C=O) groups excluding carboxylic acids is 1. The third kappa shape index (κ3) is 4.44. The van der Waals surface area contributed by atoms with Crippen molar-refractivity contribution in [3.63, 3.8) is 0 Å². The Morgan fingerprint density at radius 1 is 1.12 bits per heavy atom. The highest BCUT2D eigenvalue weighted by Gasteiger charge is 2.34. The molecule has 1 unspecified atom stereocenters. The van der Waals surface area contributed by atoms with Gasteiger partial charge in [0, 0.05) is 25.3 Å². The quantitative estimate of drug-likeness (QED) is 0.711. The molecule has 0 bridgehead atoms. The Labute approximate surface area is 155 Å². The van der Waals surface area contributed by atoms with Gasteiger partial charge in [0.15, 0.2) is 0 Å². The van der Waals surface area contributed by atoms with Crippen molar-refractivity contribution in [2.45, 2.75) is 39.0 Å². The van der Waals surface area contributed by atoms with Crippen LogP contribution in [0.25, 0.3) is 0 Å². The molecule has 26 heavy (non-hydrogen) atoms. The van der Waals surface area contributed by atoms with E-state index in [4.69, 9.17) is 9.47 Å². The highest BCUT2D eigenvalue weighted by atomic mass is 16.5. The van der Waals surface area contributed by atoms with Crippen molar-refractivity contribution in [1.29, 1.82) is 0 Å². The summed E-state index contributed by atoms with van der Waals surface area (Å²) >= 11 is 0. The highest BCUT2D eigenvalue weighted by molar-refractivity contribution is 5.94. The van der Waals surface area contributed by atoms with Gasteiger partial charge in [-0.3, -0.25) is 4.79 Å². The van der Waals surface area contributed by atoms with E-state index in [2.05, 4.69) is 6.92 Å². The van der Waals surface area contributed by atoms with Gasteiger partial charge in [-0.15, -0.1) is 0 Å². The third-order valence-electron chi connectivity index (χ3n) is 5.05. The normalized spacial score (nSPS) is 14.7. The minimum atomic E-state index is 0.0816. The molecule has 1 aliphatic carbocycles. The van der Waals surface area contributed by atoms with Gasteiger partial charge in [-0.2, -0.15) is 0 Å². The number of benzene rings is 2. The smallest absolute Gasteiger partial charge is 0.254 e. The van der Waals surface area contributed by atoms with Gasteiger partial charge >= 0.3 is 0 Å². The summed E-state index contributed by atoms with van der Waals surface area (Å²) in [5.74, 6) is 1.52. The lowest BCUT2D eigenvalue weighted by atomic mass is 10.1. The first-order valence-electron chi connectivity index (χ1n) is 9.14. The van der Waals surface area contributed by atoms with Gasteiger partial charge in [0.25, 0.3) is 5.91 Å². The predicted molar refractivity (Wildman–Crippen MR) is 102 cm³/mol. The van der Waals surface area contributed by atoms with Gasteiger partial charge in [-0.25, -0.2) is 0 Å². The standard InChI is InChI=1S/C22H27NO3/c1-16(19-9-10-19)23(14-17-7-11-21(26-3)12-8-17)22(24)20-6-4-5-18(13-20)15-25-2/h4-8,11-13,16,19H,9-10,14-15H2,1-3H3. The largest absolute Gasteiger partial charge is 0.497 e. The molecule has 4 nitrogen and oxygen atoms in total. The van der Waals surface area contributed by atoms with Crippen LogP contribution in [0.15, 0.2) is 48.5 Å². The first kappa shape index (κ1) is 18.5. The molecule has 1 fully saturated rings. The summed E-state index contributed by atoms with van der Waals surface area (Å²) in [5, 5.41) is 0. The van der Waals surface area contributed by atoms with Crippen molar-refractivity contribution in [1.82, 2.24) is 4.90 Å². The molecule has 0 N–H and O–H groups in total. The van der Waals surface area contributed by atoms with Crippen LogP contribution in [-0.2, 0) is 17.9 Å². The topological polar surface area (TPSA) is 38.8 Å². The summed E-state index contributed by atoms with van der Waals surface area (Å²) < 4.78 is 10.4. The maximum Gasteiger partial charge on any atom is 0.254 e. The first-order valence-corrected chi connectivity index (χ1v) is 9.14. The second-order valence-electron chi connectivity index (χ2n) is 6.99. The lowest BCUT2D eigenvalue weighted by Crippen LogP contribution is -2.39. The molecule has 3 rings (SSSR count). The molecule has 2 aromatic carbocycles. The van der Waals surface area contributed by atoms with E-state index in [1.165, 1.54) is 12.8 Å². The first-order chi connectivity index (χ1) is 12.6. The Hall–Kier alpha value is -2.33. The Morgan fingerprint density at radius 2 is 1.85 bits per heavy atom. The van der Waals surface area contributed by atoms with Crippen LogP contribution in [0.3, 0.4) is 0 Å². The van der Waals surface area contributed by atoms with Crippen LogP contribution in [0.2, 0.25) is 0 Å². The Morgan fingerprint density at radius 3 is 2.46 bits per heavy atom. The molecular weight excluding hydrogens is 326 g/mol. The lowest BCUT2D eigenvalue weighted by molar-refractivity contribution is 0.0654. The van der Waals surface area contributed by atoms with Gasteiger partial charge in [-0.05, 0) is 61.1 Å². The van der Waals surface area contributed by atoms with E-state index in [-0.39, 0.29) is 11.9 Å². The van der Waals surface area contributed by atoms with Crippen LogP contribution in [0.1, 0.15) is 41.3 Å². The molecule has 0 spiro atoms. The number of amides is 1. The molecule has 1 aliphatic rings. The van der Waals surface area contributed by atoms with Crippen LogP contribution >= 0.6 is 0 Å². The molecule has 0 aromatic heterocycles. The molecule has 1 atom stereocenters. The zero-order valence-corrected chi connectivity index (χ0v) is 15.8. The fourth-order valence-corrected chi connectivity index (χ4v) is 3.29. The minimum absolute atomic E-state index is 0.0816. The molecule has 4 heteroatoms. The number of rotatable bonds is 8. The molecule has 138 valence electrons. The molecule has 0 radical (unpaired) electrons. The van der Waals surface area contributed by atoms with E-state index in [1.54, 1.807) is 14.2 Å². The highest BCUT2D eigenvalue weighted by Crippen LogP contribution is 2.36. The molecule has 1 amide bonds. The van der Waals surface area contributed by atoms with Crippen molar-refractivity contribution >= 4 is 5.91 Å². The number of carbonyl (C=O) groups is 1. The second kappa shape index (κ2) is 8.37. The number of hydrogen-bond donors (Lipinski definition) is 0. The summed E-state index contributed by atoms with van der Waals surface area (Å²) in [4.78, 5) is 15.3. The molecule has 0 aliphatic heterocycles. The average Bonchev–Trinajstić information content (AvgIpc) is 3.51. The van der Waals surface area contributed by atoms with Crippen LogP contribution in [0.5, 0.6) is 5.75 Å². The van der Waals surface area contributed by atoms with Gasteiger partial charge in [0.1, 0.15) is 5.75 Å². The van der Waals surface area contributed by atoms with Crippen LogP contribution < -0.4 is 4.74 Å². The number of nitrogens with zero attached hydrogens (tertiary/aromatic N) is 1. The van der Waals surface area contributed by atoms with Gasteiger partial charge in [-0.1, -0.05) is 24.3 Å². The summed E-state index contributed by atoms with van der Waals surface area (Å²) in [7, 11) is 3.33. The molecular formula is C22H27NO3. The van der Waals surface area contributed by atoms with Gasteiger partial charge in [0.05, 0.1) is 13.7 Å². The predicted octanol–water partition coefficient (Wildman–Crippen LogP) is 4.28. The number of hydrogen-bond acceptors (Lipinski definition) is 3. The van der Waals surface area contributed by atoms with Crippen molar-refractivity contribution in [3.8, 4) is 5.75 Å². The second-order valence-corrected chi connectivity index (χ2v) is 6.99. The Bertz CT molecular complexity index is 737. The SMILES string of the molecule is COCc1cccc(C(=O)N(Cc2ccc(OC)cc2)C(C)C2CC2)c1. The maximum absolute atomic E-state index is 13.3. The van der Waals surface area contributed by atoms with Crippen LogP contribution in [-0.4, -0.2) is 31.1 Å². The van der Waals surface area contributed by atoms with Crippen molar-refractivity contribution < 1.29 is 14.3 Å². The number of ether oxygens (including phenoxy) is 2. The van der Waals surface area contributed by atoms with Crippen LogP contribution in [0, 0.1) is 5.92 Å². The van der Waals surface area contributed by atoms with E-state index in [9.17, 15) is 4.79 Å². The lowest BCUT2D eigenvalue weighted by Gasteiger charge is -2.30.